The molecule has 0 spiro atoms. The van der Waals surface area contributed by atoms with Crippen LogP contribution in [-0.4, -0.2) is 68.2 Å². The smallest absolute Gasteiger partial charge is 0.407 e. The van der Waals surface area contributed by atoms with Crippen molar-refractivity contribution in [1.29, 1.82) is 0 Å². The first kappa shape index (κ1) is 28.1. The summed E-state index contributed by atoms with van der Waals surface area (Å²) in [4.78, 5) is 31.1. The van der Waals surface area contributed by atoms with E-state index in [1.807, 2.05) is 62.6 Å². The second-order valence-corrected chi connectivity index (χ2v) is 10.8. The molecule has 11 heteroatoms. The molecule has 206 valence electrons. The fourth-order valence-electron chi connectivity index (χ4n) is 4.61. The van der Waals surface area contributed by atoms with Crippen LogP contribution in [-0.2, 0) is 4.79 Å². The molecule has 2 amide bonds. The molecule has 0 saturated carbocycles. The lowest BCUT2D eigenvalue weighted by Gasteiger charge is -2.33. The number of hydrogen-bond acceptors (Lipinski definition) is 6. The Morgan fingerprint density at radius 1 is 1.15 bits per heavy atom. The Morgan fingerprint density at radius 2 is 1.87 bits per heavy atom. The first-order valence-corrected chi connectivity index (χ1v) is 13.1. The van der Waals surface area contributed by atoms with Crippen molar-refractivity contribution in [2.24, 2.45) is 4.99 Å². The standard InChI is InChI=1S/C28H33ClN6O4/c1-17-32-33-26-22(16-24(36)30-13-6-14-34(27(37)38)28(2,3)4)31-25(18-7-9-19(29)10-8-18)21-15-20(39-5)11-12-23(21)35(17)26/h7-12,15,22H,6,13-14,16H2,1-5H3,(H,30,36)(H,37,38)/t22-/m0/s1. The van der Waals surface area contributed by atoms with Crippen LogP contribution in [0.2, 0.25) is 5.02 Å². The number of ether oxygens (including phenoxy) is 1. The molecular weight excluding hydrogens is 520 g/mol. The van der Waals surface area contributed by atoms with Crippen LogP contribution >= 0.6 is 11.6 Å². The zero-order chi connectivity index (χ0) is 28.3. The zero-order valence-corrected chi connectivity index (χ0v) is 23.5. The third-order valence-electron chi connectivity index (χ3n) is 6.55. The lowest BCUT2D eigenvalue weighted by Crippen LogP contribution is -2.46. The molecule has 39 heavy (non-hydrogen) atoms. The third kappa shape index (κ3) is 6.22. The molecular formula is C28H33ClN6O4. The molecule has 2 heterocycles. The molecule has 0 aliphatic carbocycles. The number of carbonyl (C=O) groups excluding carboxylic acids is 1. The lowest BCUT2D eigenvalue weighted by atomic mass is 10.00. The summed E-state index contributed by atoms with van der Waals surface area (Å²) in [6.45, 7) is 8.03. The molecule has 1 aromatic heterocycles. The van der Waals surface area contributed by atoms with Crippen molar-refractivity contribution < 1.29 is 19.4 Å². The predicted octanol–water partition coefficient (Wildman–Crippen LogP) is 4.80. The summed E-state index contributed by atoms with van der Waals surface area (Å²) in [5.74, 6) is 1.69. The fraction of sp³-hybridized carbons (Fsp3) is 0.393. The Labute approximate surface area is 232 Å². The van der Waals surface area contributed by atoms with Crippen LogP contribution in [0.1, 0.15) is 62.4 Å². The number of fused-ring (bicyclic) bond motifs is 3. The molecule has 0 radical (unpaired) electrons. The van der Waals surface area contributed by atoms with Crippen LogP contribution in [0.5, 0.6) is 5.75 Å². The number of nitrogens with zero attached hydrogens (tertiary/aromatic N) is 5. The monoisotopic (exact) mass is 552 g/mol. The molecule has 1 aliphatic rings. The van der Waals surface area contributed by atoms with Gasteiger partial charge in [-0.25, -0.2) is 4.79 Å². The highest BCUT2D eigenvalue weighted by molar-refractivity contribution is 6.30. The van der Waals surface area contributed by atoms with Crippen LogP contribution in [0.25, 0.3) is 5.69 Å². The van der Waals surface area contributed by atoms with E-state index in [9.17, 15) is 14.7 Å². The van der Waals surface area contributed by atoms with Gasteiger partial charge in [-0.3, -0.25) is 14.4 Å². The van der Waals surface area contributed by atoms with Gasteiger partial charge < -0.3 is 20.1 Å². The van der Waals surface area contributed by atoms with E-state index in [2.05, 4.69) is 15.5 Å². The van der Waals surface area contributed by atoms with Crippen LogP contribution in [0, 0.1) is 6.92 Å². The number of aromatic nitrogens is 3. The van der Waals surface area contributed by atoms with Gasteiger partial charge in [0.2, 0.25) is 5.91 Å². The van der Waals surface area contributed by atoms with Crippen LogP contribution < -0.4 is 10.1 Å². The van der Waals surface area contributed by atoms with Crippen LogP contribution in [0.3, 0.4) is 0 Å². The van der Waals surface area contributed by atoms with Gasteiger partial charge in [0.25, 0.3) is 0 Å². The molecule has 1 atom stereocenters. The molecule has 0 fully saturated rings. The van der Waals surface area contributed by atoms with Gasteiger partial charge >= 0.3 is 6.09 Å². The van der Waals surface area contributed by atoms with Crippen molar-refractivity contribution in [3.05, 3.63) is 70.3 Å². The number of nitrogens with one attached hydrogen (secondary N) is 1. The second kappa shape index (κ2) is 11.4. The molecule has 10 nitrogen and oxygen atoms in total. The highest BCUT2D eigenvalue weighted by Gasteiger charge is 2.30. The summed E-state index contributed by atoms with van der Waals surface area (Å²) in [5.41, 5.74) is 2.65. The van der Waals surface area contributed by atoms with E-state index < -0.39 is 17.7 Å². The number of hydrogen-bond donors (Lipinski definition) is 2. The average molecular weight is 553 g/mol. The van der Waals surface area contributed by atoms with E-state index in [0.29, 0.717) is 47.6 Å². The Hall–Kier alpha value is -3.92. The normalized spacial score (nSPS) is 14.5. The zero-order valence-electron chi connectivity index (χ0n) is 22.7. The van der Waals surface area contributed by atoms with Gasteiger partial charge in [-0.1, -0.05) is 23.7 Å². The summed E-state index contributed by atoms with van der Waals surface area (Å²) in [5, 5.41) is 21.7. The number of carbonyl (C=O) groups is 2. The van der Waals surface area contributed by atoms with Crippen molar-refractivity contribution >= 4 is 29.3 Å². The highest BCUT2D eigenvalue weighted by atomic mass is 35.5. The highest BCUT2D eigenvalue weighted by Crippen LogP contribution is 2.34. The number of aliphatic imine (C=N–C) groups is 1. The van der Waals surface area contributed by atoms with Crippen LogP contribution in [0.15, 0.2) is 47.5 Å². The average Bonchev–Trinajstić information content (AvgIpc) is 3.20. The molecule has 4 rings (SSSR count). The van der Waals surface area contributed by atoms with Gasteiger partial charge in [0.15, 0.2) is 5.82 Å². The minimum Gasteiger partial charge on any atom is -0.497 e. The Kier molecular flexibility index (Phi) is 8.25. The Morgan fingerprint density at radius 3 is 2.51 bits per heavy atom. The SMILES string of the molecule is COc1ccc2c(c1)C(c1ccc(Cl)cc1)=N[C@@H](CC(=O)NCCCN(C(=O)O)C(C)(C)C)c1nnc(C)n1-2. The quantitative estimate of drug-likeness (QED) is 0.387. The van der Waals surface area contributed by atoms with E-state index in [1.165, 1.54) is 4.90 Å². The summed E-state index contributed by atoms with van der Waals surface area (Å²) in [6, 6.07) is 12.5. The number of halogens is 1. The maximum absolute atomic E-state index is 13.1. The summed E-state index contributed by atoms with van der Waals surface area (Å²) in [6.07, 6.45) is -0.454. The van der Waals surface area contributed by atoms with Crippen molar-refractivity contribution in [3.8, 4) is 11.4 Å². The van der Waals surface area contributed by atoms with E-state index in [-0.39, 0.29) is 12.3 Å². The Balaban J connectivity index is 1.62. The molecule has 0 unspecified atom stereocenters. The topological polar surface area (TPSA) is 122 Å². The van der Waals surface area contributed by atoms with Crippen molar-refractivity contribution in [2.45, 2.75) is 52.1 Å². The molecule has 2 aromatic carbocycles. The predicted molar refractivity (Wildman–Crippen MR) is 149 cm³/mol. The van der Waals surface area contributed by atoms with Gasteiger partial charge in [-0.2, -0.15) is 0 Å². The Bertz CT molecular complexity index is 1390. The number of benzene rings is 2. The minimum atomic E-state index is -0.984. The first-order valence-electron chi connectivity index (χ1n) is 12.7. The molecule has 1 aliphatic heterocycles. The van der Waals surface area contributed by atoms with Crippen molar-refractivity contribution in [1.82, 2.24) is 25.0 Å². The second-order valence-electron chi connectivity index (χ2n) is 10.3. The molecule has 2 N–H and O–H groups in total. The number of amides is 2. The number of carboxylic acid groups (broad SMARTS) is 1. The molecule has 0 bridgehead atoms. The number of aryl methyl sites for hydroxylation is 1. The van der Waals surface area contributed by atoms with E-state index >= 15 is 0 Å². The third-order valence-corrected chi connectivity index (χ3v) is 6.80. The van der Waals surface area contributed by atoms with E-state index in [4.69, 9.17) is 21.3 Å². The number of methoxy groups -OCH3 is 1. The van der Waals surface area contributed by atoms with Gasteiger partial charge in [-0.15, -0.1) is 10.2 Å². The first-order chi connectivity index (χ1) is 18.5. The summed E-state index contributed by atoms with van der Waals surface area (Å²) >= 11 is 6.16. The van der Waals surface area contributed by atoms with E-state index in [1.54, 1.807) is 19.2 Å². The maximum atomic E-state index is 13.1. The van der Waals surface area contributed by atoms with Gasteiger partial charge in [0, 0.05) is 34.8 Å². The van der Waals surface area contributed by atoms with Crippen LogP contribution in [0.4, 0.5) is 4.79 Å². The maximum Gasteiger partial charge on any atom is 0.407 e. The lowest BCUT2D eigenvalue weighted by molar-refractivity contribution is -0.121. The fourth-order valence-corrected chi connectivity index (χ4v) is 4.73. The minimum absolute atomic E-state index is 0.0439. The van der Waals surface area contributed by atoms with Gasteiger partial charge in [-0.05, 0) is 64.4 Å². The molecule has 0 saturated heterocycles. The van der Waals surface area contributed by atoms with Gasteiger partial charge in [0.1, 0.15) is 17.6 Å². The van der Waals surface area contributed by atoms with E-state index in [0.717, 1.165) is 16.8 Å². The summed E-state index contributed by atoms with van der Waals surface area (Å²) in [7, 11) is 1.61. The van der Waals surface area contributed by atoms with Crippen molar-refractivity contribution in [2.75, 3.05) is 20.2 Å². The number of rotatable bonds is 8. The van der Waals surface area contributed by atoms with Gasteiger partial charge in [0.05, 0.1) is 24.9 Å². The molecule has 3 aromatic rings. The van der Waals surface area contributed by atoms with Crippen molar-refractivity contribution in [3.63, 3.8) is 0 Å². The largest absolute Gasteiger partial charge is 0.497 e. The summed E-state index contributed by atoms with van der Waals surface area (Å²) < 4.78 is 7.43.